The minimum Gasteiger partial charge on any atom is -0.325 e. The molecule has 3 aromatic rings. The van der Waals surface area contributed by atoms with Crippen molar-refractivity contribution >= 4 is 44.9 Å². The molecule has 0 aliphatic carbocycles. The number of carbonyl (C=O) groups excluding carboxylic acids is 1. The zero-order chi connectivity index (χ0) is 18.5. The highest BCUT2D eigenvalue weighted by Crippen LogP contribution is 2.19. The van der Waals surface area contributed by atoms with Crippen LogP contribution in [0.5, 0.6) is 0 Å². The maximum absolute atomic E-state index is 12.6. The summed E-state index contributed by atoms with van der Waals surface area (Å²) in [5.41, 5.74) is 2.51. The number of aromatic nitrogens is 2. The topological polar surface area (TPSA) is 64.0 Å². The van der Waals surface area contributed by atoms with Gasteiger partial charge in [-0.1, -0.05) is 37.2 Å². The number of amides is 1. The number of nitrogens with zero attached hydrogens (tertiary/aromatic N) is 2. The monoisotopic (exact) mass is 387 g/mol. The van der Waals surface area contributed by atoms with E-state index in [9.17, 15) is 9.59 Å². The molecule has 0 aliphatic heterocycles. The Kier molecular flexibility index (Phi) is 6.11. The molecular formula is C19H21N3O2S2. The highest BCUT2D eigenvalue weighted by molar-refractivity contribution is 7.98. The van der Waals surface area contributed by atoms with E-state index in [1.54, 1.807) is 0 Å². The number of carbonyl (C=O) groups is 1. The molecule has 0 unspecified atom stereocenters. The van der Waals surface area contributed by atoms with Gasteiger partial charge >= 0.3 is 0 Å². The smallest absolute Gasteiger partial charge is 0.272 e. The van der Waals surface area contributed by atoms with E-state index in [0.29, 0.717) is 15.4 Å². The van der Waals surface area contributed by atoms with Crippen LogP contribution in [0.4, 0.5) is 5.69 Å². The van der Waals surface area contributed by atoms with Gasteiger partial charge in [-0.2, -0.15) is 0 Å². The maximum Gasteiger partial charge on any atom is 0.272 e. The average Bonchev–Trinajstić information content (AvgIpc) is 3.12. The second kappa shape index (κ2) is 8.51. The summed E-state index contributed by atoms with van der Waals surface area (Å²) in [5.74, 6) is -0.235. The molecule has 26 heavy (non-hydrogen) atoms. The third-order valence-corrected chi connectivity index (χ3v) is 5.64. The zero-order valence-corrected chi connectivity index (χ0v) is 16.5. The van der Waals surface area contributed by atoms with Crippen LogP contribution in [0.25, 0.3) is 10.2 Å². The predicted molar refractivity (Wildman–Crippen MR) is 109 cm³/mol. The number of anilines is 1. The molecule has 136 valence electrons. The van der Waals surface area contributed by atoms with Crippen molar-refractivity contribution in [2.75, 3.05) is 11.6 Å². The lowest BCUT2D eigenvalue weighted by atomic mass is 10.1. The van der Waals surface area contributed by atoms with Gasteiger partial charge in [-0.3, -0.25) is 14.2 Å². The van der Waals surface area contributed by atoms with E-state index in [1.165, 1.54) is 33.2 Å². The first-order valence-electron chi connectivity index (χ1n) is 8.53. The van der Waals surface area contributed by atoms with Gasteiger partial charge < -0.3 is 5.32 Å². The van der Waals surface area contributed by atoms with Crippen LogP contribution >= 0.6 is 23.1 Å². The molecule has 0 radical (unpaired) electrons. The van der Waals surface area contributed by atoms with Crippen LogP contribution in [-0.2, 0) is 17.8 Å². The van der Waals surface area contributed by atoms with Crippen LogP contribution in [-0.4, -0.2) is 21.7 Å². The van der Waals surface area contributed by atoms with Gasteiger partial charge in [0.25, 0.3) is 5.56 Å². The van der Waals surface area contributed by atoms with Crippen LogP contribution in [0.1, 0.15) is 25.3 Å². The lowest BCUT2D eigenvalue weighted by Crippen LogP contribution is -2.29. The minimum absolute atomic E-state index is 0.0482. The lowest BCUT2D eigenvalue weighted by molar-refractivity contribution is -0.116. The fourth-order valence-corrected chi connectivity index (χ4v) is 4.03. The van der Waals surface area contributed by atoms with Gasteiger partial charge in [0.15, 0.2) is 5.16 Å². The Morgan fingerprint density at radius 2 is 2.04 bits per heavy atom. The van der Waals surface area contributed by atoms with E-state index in [-0.39, 0.29) is 18.0 Å². The van der Waals surface area contributed by atoms with Gasteiger partial charge in [0.2, 0.25) is 5.91 Å². The molecule has 0 atom stereocenters. The number of unbranched alkanes of at least 4 members (excludes halogenated alkanes) is 1. The van der Waals surface area contributed by atoms with Crippen molar-refractivity contribution in [2.45, 2.75) is 37.9 Å². The summed E-state index contributed by atoms with van der Waals surface area (Å²) in [5, 5.41) is 5.25. The summed E-state index contributed by atoms with van der Waals surface area (Å²) >= 11 is 2.71. The molecule has 7 heteroatoms. The van der Waals surface area contributed by atoms with E-state index in [2.05, 4.69) is 17.2 Å². The summed E-state index contributed by atoms with van der Waals surface area (Å²) in [4.78, 5) is 29.5. The number of aryl methyl sites for hydroxylation is 1. The summed E-state index contributed by atoms with van der Waals surface area (Å²) in [7, 11) is 0. The number of thiophene rings is 1. The number of hydrogen-bond donors (Lipinski definition) is 1. The molecule has 0 saturated heterocycles. The minimum atomic E-state index is -0.235. The molecule has 0 aliphatic rings. The highest BCUT2D eigenvalue weighted by atomic mass is 32.2. The Labute approximate surface area is 160 Å². The fraction of sp³-hybridized carbons (Fsp3) is 0.316. The van der Waals surface area contributed by atoms with Crippen molar-refractivity contribution in [1.29, 1.82) is 0 Å². The second-order valence-corrected chi connectivity index (χ2v) is 7.66. The van der Waals surface area contributed by atoms with E-state index < -0.39 is 0 Å². The van der Waals surface area contributed by atoms with Crippen molar-refractivity contribution in [3.8, 4) is 0 Å². The summed E-state index contributed by atoms with van der Waals surface area (Å²) in [6.07, 6.45) is 5.21. The van der Waals surface area contributed by atoms with Crippen LogP contribution in [0.3, 0.4) is 0 Å². The summed E-state index contributed by atoms with van der Waals surface area (Å²) in [6.45, 7) is 2.12. The number of hydrogen-bond acceptors (Lipinski definition) is 5. The van der Waals surface area contributed by atoms with Crippen LogP contribution in [0, 0.1) is 0 Å². The molecular weight excluding hydrogens is 366 g/mol. The van der Waals surface area contributed by atoms with E-state index in [4.69, 9.17) is 0 Å². The zero-order valence-electron chi connectivity index (χ0n) is 14.8. The average molecular weight is 388 g/mol. The van der Waals surface area contributed by atoms with Gasteiger partial charge in [-0.25, -0.2) is 4.98 Å². The summed E-state index contributed by atoms with van der Waals surface area (Å²) < 4.78 is 2.02. The highest BCUT2D eigenvalue weighted by Gasteiger charge is 2.14. The molecule has 5 nitrogen and oxygen atoms in total. The molecule has 2 aromatic heterocycles. The van der Waals surface area contributed by atoms with Gasteiger partial charge in [0, 0.05) is 5.69 Å². The molecule has 0 fully saturated rings. The quantitative estimate of drug-likeness (QED) is 0.488. The Balaban J connectivity index is 1.75. The molecule has 0 saturated carbocycles. The number of rotatable bonds is 7. The molecule has 2 heterocycles. The molecule has 0 bridgehead atoms. The molecule has 3 rings (SSSR count). The molecule has 1 aromatic carbocycles. The Hall–Kier alpha value is -2.12. The normalized spacial score (nSPS) is 11.0. The second-order valence-electron chi connectivity index (χ2n) is 5.97. The standard InChI is InChI=1S/C19H21N3O2S2/c1-3-4-5-13-6-8-14(9-7-13)20-16(23)12-22-18(24)17-15(10-11-26-17)21-19(22)25-2/h6-11H,3-5,12H2,1-2H3,(H,20,23). The number of nitrogens with one attached hydrogen (secondary N) is 1. The molecule has 1 amide bonds. The first kappa shape index (κ1) is 18.7. The number of benzene rings is 1. The van der Waals surface area contributed by atoms with Gasteiger partial charge in [-0.05, 0) is 48.2 Å². The van der Waals surface area contributed by atoms with E-state index >= 15 is 0 Å². The Morgan fingerprint density at radius 1 is 1.27 bits per heavy atom. The Morgan fingerprint density at radius 3 is 2.73 bits per heavy atom. The third kappa shape index (κ3) is 4.16. The van der Waals surface area contributed by atoms with E-state index in [1.807, 2.05) is 42.0 Å². The van der Waals surface area contributed by atoms with Gasteiger partial charge in [0.1, 0.15) is 11.2 Å². The Bertz CT molecular complexity index is 961. The molecule has 1 N–H and O–H groups in total. The number of thioether (sulfide) groups is 1. The predicted octanol–water partition coefficient (Wildman–Crippen LogP) is 4.16. The van der Waals surface area contributed by atoms with Crippen molar-refractivity contribution in [3.63, 3.8) is 0 Å². The first-order chi connectivity index (χ1) is 12.6. The maximum atomic E-state index is 12.6. The van der Waals surface area contributed by atoms with Crippen LogP contribution < -0.4 is 10.9 Å². The third-order valence-electron chi connectivity index (χ3n) is 4.07. The fourth-order valence-electron chi connectivity index (χ4n) is 2.70. The summed E-state index contributed by atoms with van der Waals surface area (Å²) in [6, 6.07) is 9.70. The van der Waals surface area contributed by atoms with Crippen molar-refractivity contribution in [2.24, 2.45) is 0 Å². The van der Waals surface area contributed by atoms with Crippen LogP contribution in [0.2, 0.25) is 0 Å². The van der Waals surface area contributed by atoms with Crippen molar-refractivity contribution in [1.82, 2.24) is 9.55 Å². The van der Waals surface area contributed by atoms with Gasteiger partial charge in [0.05, 0.1) is 5.52 Å². The SMILES string of the molecule is CCCCc1ccc(NC(=O)Cn2c(SC)nc3ccsc3c2=O)cc1. The van der Waals surface area contributed by atoms with E-state index in [0.717, 1.165) is 24.9 Å². The van der Waals surface area contributed by atoms with Crippen molar-refractivity contribution < 1.29 is 4.79 Å². The van der Waals surface area contributed by atoms with Crippen molar-refractivity contribution in [3.05, 3.63) is 51.6 Å². The number of fused-ring (bicyclic) bond motifs is 1. The van der Waals surface area contributed by atoms with Gasteiger partial charge in [-0.15, -0.1) is 11.3 Å². The first-order valence-corrected chi connectivity index (χ1v) is 10.6. The largest absolute Gasteiger partial charge is 0.325 e. The lowest BCUT2D eigenvalue weighted by Gasteiger charge is -2.11. The van der Waals surface area contributed by atoms with Crippen LogP contribution in [0.15, 0.2) is 45.7 Å². The molecule has 0 spiro atoms.